The van der Waals surface area contributed by atoms with E-state index in [1.54, 1.807) is 11.8 Å². The van der Waals surface area contributed by atoms with Gasteiger partial charge in [0.25, 0.3) is 0 Å². The summed E-state index contributed by atoms with van der Waals surface area (Å²) >= 11 is 0. The fourth-order valence-electron chi connectivity index (χ4n) is 2.46. The Hall–Kier alpha value is -1.88. The lowest BCUT2D eigenvalue weighted by molar-refractivity contribution is -0.137. The highest BCUT2D eigenvalue weighted by molar-refractivity contribution is 5.97. The molecular formula is C14H18N2O3. The van der Waals surface area contributed by atoms with Crippen LogP contribution in [0.15, 0.2) is 24.3 Å². The number of nitrogens with zero attached hydrogens (tertiary/aromatic N) is 1. The smallest absolute Gasteiger partial charge is 0.304 e. The maximum atomic E-state index is 12.3. The van der Waals surface area contributed by atoms with E-state index >= 15 is 0 Å². The molecule has 2 unspecified atom stereocenters. The average Bonchev–Trinajstić information content (AvgIpc) is 2.75. The van der Waals surface area contributed by atoms with Gasteiger partial charge in [0.2, 0.25) is 5.91 Å². The second-order valence-corrected chi connectivity index (χ2v) is 4.94. The first-order valence-corrected chi connectivity index (χ1v) is 6.36. The van der Waals surface area contributed by atoms with Crippen molar-refractivity contribution in [3.05, 3.63) is 29.8 Å². The van der Waals surface area contributed by atoms with Crippen LogP contribution in [0.2, 0.25) is 0 Å². The number of anilines is 1. The van der Waals surface area contributed by atoms with Crippen LogP contribution in [0, 0.1) is 5.92 Å². The minimum absolute atomic E-state index is 0.0390. The number of hydrogen-bond acceptors (Lipinski definition) is 3. The Morgan fingerprint density at radius 3 is 2.79 bits per heavy atom. The van der Waals surface area contributed by atoms with E-state index in [-0.39, 0.29) is 24.2 Å². The number of hydrogen-bond donors (Lipinski definition) is 2. The van der Waals surface area contributed by atoms with Crippen molar-refractivity contribution in [2.45, 2.75) is 19.3 Å². The first kappa shape index (κ1) is 13.5. The van der Waals surface area contributed by atoms with Crippen molar-refractivity contribution in [3.8, 4) is 0 Å². The van der Waals surface area contributed by atoms with E-state index in [9.17, 15) is 9.59 Å². The van der Waals surface area contributed by atoms with Crippen LogP contribution in [0.5, 0.6) is 0 Å². The average molecular weight is 262 g/mol. The van der Waals surface area contributed by atoms with E-state index in [1.165, 1.54) is 0 Å². The molecule has 5 nitrogen and oxygen atoms in total. The zero-order valence-electron chi connectivity index (χ0n) is 10.9. The third-order valence-corrected chi connectivity index (χ3v) is 3.53. The lowest BCUT2D eigenvalue weighted by Crippen LogP contribution is -2.37. The van der Waals surface area contributed by atoms with Gasteiger partial charge in [0.05, 0.1) is 6.42 Å². The predicted octanol–water partition coefficient (Wildman–Crippen LogP) is 1.19. The molecule has 0 radical (unpaired) electrons. The van der Waals surface area contributed by atoms with Crippen LogP contribution in [0.1, 0.15) is 24.8 Å². The van der Waals surface area contributed by atoms with Gasteiger partial charge >= 0.3 is 5.97 Å². The van der Waals surface area contributed by atoms with Gasteiger partial charge in [-0.25, -0.2) is 0 Å². The topological polar surface area (TPSA) is 83.6 Å². The number of para-hydroxylation sites is 1. The normalized spacial score (nSPS) is 19.1. The van der Waals surface area contributed by atoms with Crippen LogP contribution < -0.4 is 10.6 Å². The molecule has 1 amide bonds. The van der Waals surface area contributed by atoms with Crippen molar-refractivity contribution >= 4 is 17.6 Å². The van der Waals surface area contributed by atoms with Crippen LogP contribution >= 0.6 is 0 Å². The lowest BCUT2D eigenvalue weighted by Gasteiger charge is -2.21. The van der Waals surface area contributed by atoms with E-state index < -0.39 is 5.97 Å². The van der Waals surface area contributed by atoms with E-state index in [1.807, 2.05) is 24.3 Å². The molecule has 0 fully saturated rings. The fraction of sp³-hybridized carbons (Fsp3) is 0.429. The highest BCUT2D eigenvalue weighted by Crippen LogP contribution is 2.38. The molecule has 0 bridgehead atoms. The van der Waals surface area contributed by atoms with E-state index in [2.05, 4.69) is 0 Å². The second kappa shape index (κ2) is 5.40. The van der Waals surface area contributed by atoms with Crippen LogP contribution in [0.3, 0.4) is 0 Å². The van der Waals surface area contributed by atoms with Gasteiger partial charge < -0.3 is 15.7 Å². The van der Waals surface area contributed by atoms with Gasteiger partial charge in [-0.3, -0.25) is 9.59 Å². The molecule has 3 N–H and O–H groups in total. The summed E-state index contributed by atoms with van der Waals surface area (Å²) in [6.07, 6.45) is 0.0395. The van der Waals surface area contributed by atoms with Gasteiger partial charge in [-0.1, -0.05) is 25.1 Å². The molecule has 2 rings (SSSR count). The number of carboxylic acid groups (broad SMARTS) is 1. The summed E-state index contributed by atoms with van der Waals surface area (Å²) in [6.45, 7) is 2.51. The highest BCUT2D eigenvalue weighted by Gasteiger charge is 2.34. The molecule has 0 saturated heterocycles. The highest BCUT2D eigenvalue weighted by atomic mass is 16.4. The van der Waals surface area contributed by atoms with Gasteiger partial charge in [-0.05, 0) is 11.6 Å². The number of fused-ring (bicyclic) bond motifs is 1. The van der Waals surface area contributed by atoms with Crippen LogP contribution in [0.4, 0.5) is 5.69 Å². The standard InChI is InChI=1S/C14H18N2O3/c1-9(7-15)14(19)16-8-10(6-13(17)18)11-4-2-3-5-12(11)16/h2-5,9-10H,6-8,15H2,1H3,(H,17,18). The lowest BCUT2D eigenvalue weighted by atomic mass is 9.98. The molecule has 0 aromatic heterocycles. The number of nitrogens with two attached hydrogens (primary N) is 1. The van der Waals surface area contributed by atoms with Crippen molar-refractivity contribution in [2.24, 2.45) is 11.7 Å². The van der Waals surface area contributed by atoms with Crippen LogP contribution in [-0.2, 0) is 9.59 Å². The largest absolute Gasteiger partial charge is 0.481 e. The van der Waals surface area contributed by atoms with Gasteiger partial charge in [0.15, 0.2) is 0 Å². The van der Waals surface area contributed by atoms with E-state index in [0.717, 1.165) is 11.3 Å². The van der Waals surface area contributed by atoms with Crippen molar-refractivity contribution in [2.75, 3.05) is 18.0 Å². The molecular weight excluding hydrogens is 244 g/mol. The zero-order valence-corrected chi connectivity index (χ0v) is 10.9. The number of aliphatic carboxylic acids is 1. The fourth-order valence-corrected chi connectivity index (χ4v) is 2.46. The van der Waals surface area contributed by atoms with Gasteiger partial charge in [-0.15, -0.1) is 0 Å². The summed E-state index contributed by atoms with van der Waals surface area (Å²) < 4.78 is 0. The molecule has 19 heavy (non-hydrogen) atoms. The molecule has 0 saturated carbocycles. The molecule has 1 aliphatic rings. The summed E-state index contributed by atoms with van der Waals surface area (Å²) in [6, 6.07) is 7.48. The first-order chi connectivity index (χ1) is 9.04. The molecule has 5 heteroatoms. The third kappa shape index (κ3) is 2.61. The maximum Gasteiger partial charge on any atom is 0.304 e. The number of amides is 1. The van der Waals surface area contributed by atoms with Crippen molar-refractivity contribution < 1.29 is 14.7 Å². The SMILES string of the molecule is CC(CN)C(=O)N1CC(CC(=O)O)c2ccccc21. The zero-order chi connectivity index (χ0) is 14.0. The first-order valence-electron chi connectivity index (χ1n) is 6.36. The molecule has 0 spiro atoms. The Morgan fingerprint density at radius 1 is 1.47 bits per heavy atom. The van der Waals surface area contributed by atoms with Crippen molar-refractivity contribution in [3.63, 3.8) is 0 Å². The van der Waals surface area contributed by atoms with Crippen molar-refractivity contribution in [1.29, 1.82) is 0 Å². The van der Waals surface area contributed by atoms with Crippen molar-refractivity contribution in [1.82, 2.24) is 0 Å². The quantitative estimate of drug-likeness (QED) is 0.853. The minimum Gasteiger partial charge on any atom is -0.481 e. The third-order valence-electron chi connectivity index (χ3n) is 3.53. The summed E-state index contributed by atoms with van der Waals surface area (Å²) in [7, 11) is 0. The maximum absolute atomic E-state index is 12.3. The number of carboxylic acids is 1. The number of carbonyl (C=O) groups is 2. The minimum atomic E-state index is -0.846. The molecule has 1 aliphatic heterocycles. The molecule has 2 atom stereocenters. The number of rotatable bonds is 4. The Labute approximate surface area is 112 Å². The molecule has 1 aromatic rings. The van der Waals surface area contributed by atoms with Gasteiger partial charge in [0.1, 0.15) is 0 Å². The molecule has 102 valence electrons. The van der Waals surface area contributed by atoms with E-state index in [4.69, 9.17) is 10.8 Å². The number of carbonyl (C=O) groups excluding carboxylic acids is 1. The Morgan fingerprint density at radius 2 is 2.16 bits per heavy atom. The molecule has 1 heterocycles. The molecule has 0 aliphatic carbocycles. The summed E-state index contributed by atoms with van der Waals surface area (Å²) in [5, 5.41) is 8.96. The Bertz CT molecular complexity index is 501. The summed E-state index contributed by atoms with van der Waals surface area (Å²) in [5.74, 6) is -1.27. The van der Waals surface area contributed by atoms with Gasteiger partial charge in [-0.2, -0.15) is 0 Å². The predicted molar refractivity (Wildman–Crippen MR) is 72.0 cm³/mol. The monoisotopic (exact) mass is 262 g/mol. The van der Waals surface area contributed by atoms with E-state index in [0.29, 0.717) is 13.1 Å². The molecule has 1 aromatic carbocycles. The Balaban J connectivity index is 2.30. The number of benzene rings is 1. The van der Waals surface area contributed by atoms with Crippen LogP contribution in [-0.4, -0.2) is 30.1 Å². The van der Waals surface area contributed by atoms with Crippen LogP contribution in [0.25, 0.3) is 0 Å². The second-order valence-electron chi connectivity index (χ2n) is 4.94. The Kier molecular flexibility index (Phi) is 3.85. The van der Waals surface area contributed by atoms with Gasteiger partial charge in [0, 0.05) is 30.6 Å². The summed E-state index contributed by atoms with van der Waals surface area (Å²) in [5.41, 5.74) is 7.29. The summed E-state index contributed by atoms with van der Waals surface area (Å²) in [4.78, 5) is 24.8.